The van der Waals surface area contributed by atoms with Crippen molar-refractivity contribution in [1.82, 2.24) is 0 Å². The first-order chi connectivity index (χ1) is 8.20. The first kappa shape index (κ1) is 14.2. The van der Waals surface area contributed by atoms with Crippen molar-refractivity contribution in [3.63, 3.8) is 0 Å². The molecule has 1 aromatic carbocycles. The van der Waals surface area contributed by atoms with Gasteiger partial charge in [0.05, 0.1) is 12.2 Å². The molecule has 0 fully saturated rings. The number of nitrogens with two attached hydrogens (primary N) is 1. The molecular formula is C10H9F4NO3. The second kappa shape index (κ2) is 5.21. The van der Waals surface area contributed by atoms with Crippen LogP contribution in [0.2, 0.25) is 0 Å². The molecular weight excluding hydrogens is 258 g/mol. The summed E-state index contributed by atoms with van der Waals surface area (Å²) in [5, 5.41) is 8.72. The lowest BCUT2D eigenvalue weighted by molar-refractivity contribution is -0.324. The van der Waals surface area contributed by atoms with E-state index in [1.54, 1.807) is 0 Å². The summed E-state index contributed by atoms with van der Waals surface area (Å²) < 4.78 is 51.9. The van der Waals surface area contributed by atoms with Gasteiger partial charge < -0.3 is 10.8 Å². The standard InChI is InChI=1S/C10H9F4NO3/c11-7-4-8(15)6(9(16)17)3-5(7)1-2-18-10(12,13)14/h3-4H,1-2,15H2,(H,16,17). The molecule has 0 aliphatic rings. The Bertz CT molecular complexity index is 459. The lowest BCUT2D eigenvalue weighted by Crippen LogP contribution is -2.16. The van der Waals surface area contributed by atoms with Gasteiger partial charge in [-0.1, -0.05) is 0 Å². The predicted molar refractivity (Wildman–Crippen MR) is 53.5 cm³/mol. The summed E-state index contributed by atoms with van der Waals surface area (Å²) in [5.41, 5.74) is 4.40. The van der Waals surface area contributed by atoms with Gasteiger partial charge in [-0.25, -0.2) is 9.18 Å². The number of carboxylic acid groups (broad SMARTS) is 1. The Hall–Kier alpha value is -1.83. The van der Waals surface area contributed by atoms with E-state index in [-0.39, 0.29) is 16.8 Å². The van der Waals surface area contributed by atoms with Crippen molar-refractivity contribution >= 4 is 11.7 Å². The summed E-state index contributed by atoms with van der Waals surface area (Å²) in [6.45, 7) is -0.802. The Kier molecular flexibility index (Phi) is 4.12. The van der Waals surface area contributed by atoms with Gasteiger partial charge in [-0.05, 0) is 24.1 Å². The third-order valence-corrected chi connectivity index (χ3v) is 2.09. The summed E-state index contributed by atoms with van der Waals surface area (Å²) in [7, 11) is 0. The van der Waals surface area contributed by atoms with Crippen LogP contribution < -0.4 is 5.73 Å². The highest BCUT2D eigenvalue weighted by Crippen LogP contribution is 2.20. The predicted octanol–water partition coefficient (Wildman–Crippen LogP) is 2.19. The topological polar surface area (TPSA) is 72.5 Å². The summed E-state index contributed by atoms with van der Waals surface area (Å²) >= 11 is 0. The fourth-order valence-electron chi connectivity index (χ4n) is 1.29. The molecule has 0 aliphatic carbocycles. The largest absolute Gasteiger partial charge is 0.522 e. The van der Waals surface area contributed by atoms with Crippen LogP contribution in [0.25, 0.3) is 0 Å². The number of hydrogen-bond donors (Lipinski definition) is 2. The molecule has 0 unspecified atom stereocenters. The van der Waals surface area contributed by atoms with Crippen molar-refractivity contribution in [2.45, 2.75) is 12.8 Å². The molecule has 0 aliphatic heterocycles. The number of ether oxygens (including phenoxy) is 1. The highest BCUT2D eigenvalue weighted by atomic mass is 19.4. The Morgan fingerprint density at radius 3 is 2.50 bits per heavy atom. The normalized spacial score (nSPS) is 11.6. The number of carboxylic acids is 1. The molecule has 0 atom stereocenters. The van der Waals surface area contributed by atoms with Gasteiger partial charge in [-0.15, -0.1) is 13.2 Å². The Balaban J connectivity index is 2.83. The molecule has 100 valence electrons. The van der Waals surface area contributed by atoms with E-state index in [1.807, 2.05) is 0 Å². The van der Waals surface area contributed by atoms with Crippen molar-refractivity contribution < 1.29 is 32.2 Å². The molecule has 0 radical (unpaired) electrons. The zero-order chi connectivity index (χ0) is 13.9. The summed E-state index contributed by atoms with van der Waals surface area (Å²) in [5.74, 6) is -2.26. The van der Waals surface area contributed by atoms with E-state index in [9.17, 15) is 22.4 Å². The number of aromatic carboxylic acids is 1. The zero-order valence-electron chi connectivity index (χ0n) is 8.92. The number of halogens is 4. The fourth-order valence-corrected chi connectivity index (χ4v) is 1.29. The quantitative estimate of drug-likeness (QED) is 0.647. The number of hydrogen-bond acceptors (Lipinski definition) is 3. The van der Waals surface area contributed by atoms with Crippen molar-refractivity contribution in [2.75, 3.05) is 12.3 Å². The Labute approximate surface area is 99.0 Å². The van der Waals surface area contributed by atoms with E-state index >= 15 is 0 Å². The number of alkyl halides is 3. The first-order valence-electron chi connectivity index (χ1n) is 4.72. The van der Waals surface area contributed by atoms with Crippen LogP contribution in [0, 0.1) is 5.82 Å². The average Bonchev–Trinajstić information content (AvgIpc) is 2.18. The Morgan fingerprint density at radius 2 is 2.00 bits per heavy atom. The second-order valence-electron chi connectivity index (χ2n) is 3.38. The third-order valence-electron chi connectivity index (χ3n) is 2.09. The van der Waals surface area contributed by atoms with E-state index in [4.69, 9.17) is 10.8 Å². The molecule has 0 spiro atoms. The molecule has 0 heterocycles. The summed E-state index contributed by atoms with van der Waals surface area (Å²) in [4.78, 5) is 10.7. The number of nitrogen functional groups attached to an aromatic ring is 1. The van der Waals surface area contributed by atoms with Gasteiger partial charge >= 0.3 is 12.3 Å². The highest BCUT2D eigenvalue weighted by Gasteiger charge is 2.28. The number of carbonyl (C=O) groups is 1. The molecule has 4 nitrogen and oxygen atoms in total. The van der Waals surface area contributed by atoms with Crippen LogP contribution in [0.1, 0.15) is 15.9 Å². The van der Waals surface area contributed by atoms with Crippen LogP contribution >= 0.6 is 0 Å². The molecule has 1 aromatic rings. The summed E-state index contributed by atoms with van der Waals surface area (Å²) in [6.07, 6.45) is -5.22. The van der Waals surface area contributed by atoms with Gasteiger partial charge in [0.15, 0.2) is 0 Å². The molecule has 0 aromatic heterocycles. The van der Waals surface area contributed by atoms with Crippen LogP contribution in [-0.2, 0) is 11.2 Å². The summed E-state index contributed by atoms with van der Waals surface area (Å²) in [6, 6.07) is 1.65. The van der Waals surface area contributed by atoms with E-state index in [2.05, 4.69) is 4.74 Å². The van der Waals surface area contributed by atoms with Gasteiger partial charge in [0.2, 0.25) is 0 Å². The molecule has 3 N–H and O–H groups in total. The van der Waals surface area contributed by atoms with Gasteiger partial charge in [-0.2, -0.15) is 0 Å². The van der Waals surface area contributed by atoms with Gasteiger partial charge in [0.1, 0.15) is 5.82 Å². The highest BCUT2D eigenvalue weighted by molar-refractivity contribution is 5.93. The van der Waals surface area contributed by atoms with Crippen LogP contribution in [0.5, 0.6) is 0 Å². The van der Waals surface area contributed by atoms with Crippen LogP contribution in [0.15, 0.2) is 12.1 Å². The van der Waals surface area contributed by atoms with Gasteiger partial charge in [0.25, 0.3) is 0 Å². The molecule has 18 heavy (non-hydrogen) atoms. The first-order valence-corrected chi connectivity index (χ1v) is 4.72. The van der Waals surface area contributed by atoms with Crippen molar-refractivity contribution in [2.24, 2.45) is 0 Å². The number of benzene rings is 1. The molecule has 8 heteroatoms. The minimum absolute atomic E-state index is 0.203. The van der Waals surface area contributed by atoms with Crippen molar-refractivity contribution in [3.05, 3.63) is 29.1 Å². The van der Waals surface area contributed by atoms with E-state index < -0.39 is 31.2 Å². The maximum absolute atomic E-state index is 13.3. The maximum atomic E-state index is 13.3. The van der Waals surface area contributed by atoms with Gasteiger partial charge in [-0.3, -0.25) is 4.74 Å². The molecule has 0 amide bonds. The second-order valence-corrected chi connectivity index (χ2v) is 3.38. The van der Waals surface area contributed by atoms with E-state index in [1.165, 1.54) is 0 Å². The van der Waals surface area contributed by atoms with Crippen molar-refractivity contribution in [3.8, 4) is 0 Å². The average molecular weight is 267 g/mol. The molecule has 0 bridgehead atoms. The van der Waals surface area contributed by atoms with Gasteiger partial charge in [0, 0.05) is 5.69 Å². The van der Waals surface area contributed by atoms with Crippen molar-refractivity contribution in [1.29, 1.82) is 0 Å². The monoisotopic (exact) mass is 267 g/mol. The van der Waals surface area contributed by atoms with Crippen LogP contribution in [0.4, 0.5) is 23.2 Å². The Morgan fingerprint density at radius 1 is 1.39 bits per heavy atom. The number of rotatable bonds is 4. The number of anilines is 1. The maximum Gasteiger partial charge on any atom is 0.522 e. The van der Waals surface area contributed by atoms with E-state index in [0.29, 0.717) is 0 Å². The lowest BCUT2D eigenvalue weighted by Gasteiger charge is -2.09. The minimum atomic E-state index is -4.81. The fraction of sp³-hybridized carbons (Fsp3) is 0.300. The minimum Gasteiger partial charge on any atom is -0.478 e. The van der Waals surface area contributed by atoms with E-state index in [0.717, 1.165) is 12.1 Å². The molecule has 0 saturated carbocycles. The lowest BCUT2D eigenvalue weighted by atomic mass is 10.1. The smallest absolute Gasteiger partial charge is 0.478 e. The SMILES string of the molecule is Nc1cc(F)c(CCOC(F)(F)F)cc1C(=O)O. The third kappa shape index (κ3) is 3.88. The van der Waals surface area contributed by atoms with Crippen LogP contribution in [0.3, 0.4) is 0 Å². The molecule has 0 saturated heterocycles. The van der Waals surface area contributed by atoms with Crippen LogP contribution in [-0.4, -0.2) is 24.0 Å². The molecule has 1 rings (SSSR count). The zero-order valence-corrected chi connectivity index (χ0v) is 8.92.